The van der Waals surface area contributed by atoms with Crippen LogP contribution in [0.25, 0.3) is 0 Å². The van der Waals surface area contributed by atoms with Gasteiger partial charge in [0.1, 0.15) is 0 Å². The minimum absolute atomic E-state index is 0.0127. The molecule has 19 heavy (non-hydrogen) atoms. The maximum Gasteiger partial charge on any atom is 0.319 e. The molecule has 0 bridgehead atoms. The molecule has 1 aromatic carbocycles. The number of Topliss-reactive ketones (excluding diaryl/α,β-unsaturated/α-hetero) is 1. The molecule has 0 spiro atoms. The molecule has 2 N–H and O–H groups in total. The molecule has 2 amide bonds. The molecule has 98 valence electrons. The second-order valence-electron chi connectivity index (χ2n) is 3.92. The summed E-state index contributed by atoms with van der Waals surface area (Å²) < 4.78 is 4.85. The number of hydrogen-bond acceptors (Lipinski definition) is 4. The molecule has 0 radical (unpaired) electrons. The Kier molecular flexibility index (Phi) is 3.92. The van der Waals surface area contributed by atoms with E-state index >= 15 is 0 Å². The predicted octanol–water partition coefficient (Wildman–Crippen LogP) is 2.20. The fraction of sp³-hybridized carbons (Fsp3) is 0.154. The molecule has 6 heteroatoms. The van der Waals surface area contributed by atoms with Crippen molar-refractivity contribution in [1.82, 2.24) is 10.5 Å². The molecule has 0 aliphatic rings. The van der Waals surface area contributed by atoms with Crippen LogP contribution in [0.3, 0.4) is 0 Å². The van der Waals surface area contributed by atoms with Gasteiger partial charge in [0.05, 0.1) is 12.7 Å². The normalized spacial score (nSPS) is 9.95. The van der Waals surface area contributed by atoms with Crippen molar-refractivity contribution in [3.8, 4) is 0 Å². The Hall–Kier alpha value is -2.63. The van der Waals surface area contributed by atoms with Crippen molar-refractivity contribution in [3.05, 3.63) is 47.9 Å². The highest BCUT2D eigenvalue weighted by atomic mass is 16.5. The van der Waals surface area contributed by atoms with Crippen LogP contribution in [0.5, 0.6) is 0 Å². The number of rotatable bonds is 4. The molecular weight excluding hydrogens is 246 g/mol. The van der Waals surface area contributed by atoms with Crippen molar-refractivity contribution < 1.29 is 14.1 Å². The number of aromatic nitrogens is 1. The molecule has 1 aromatic heterocycles. The first-order valence-electron chi connectivity index (χ1n) is 5.70. The number of nitrogens with one attached hydrogen (secondary N) is 2. The zero-order valence-electron chi connectivity index (χ0n) is 10.3. The number of amides is 2. The van der Waals surface area contributed by atoms with E-state index in [-0.39, 0.29) is 18.4 Å². The Balaban J connectivity index is 1.86. The minimum atomic E-state index is -0.355. The lowest BCUT2D eigenvalue weighted by molar-refractivity contribution is 0.101. The van der Waals surface area contributed by atoms with Gasteiger partial charge < -0.3 is 15.2 Å². The minimum Gasteiger partial charge on any atom is -0.360 e. The Labute approximate surface area is 109 Å². The van der Waals surface area contributed by atoms with Crippen LogP contribution < -0.4 is 10.6 Å². The maximum absolute atomic E-state index is 11.6. The summed E-state index contributed by atoms with van der Waals surface area (Å²) in [4.78, 5) is 22.7. The number of carbonyl (C=O) groups excluding carboxylic acids is 2. The van der Waals surface area contributed by atoms with Crippen LogP contribution in [0.4, 0.5) is 10.5 Å². The largest absolute Gasteiger partial charge is 0.360 e. The van der Waals surface area contributed by atoms with E-state index in [1.807, 2.05) is 0 Å². The summed E-state index contributed by atoms with van der Waals surface area (Å²) in [5.41, 5.74) is 1.22. The third-order valence-corrected chi connectivity index (χ3v) is 2.46. The van der Waals surface area contributed by atoms with Crippen LogP contribution in [-0.2, 0) is 6.54 Å². The van der Waals surface area contributed by atoms with Gasteiger partial charge in [-0.05, 0) is 31.2 Å². The summed E-state index contributed by atoms with van der Waals surface area (Å²) in [6.07, 6.45) is 1.51. The van der Waals surface area contributed by atoms with E-state index in [9.17, 15) is 9.59 Å². The molecule has 2 aromatic rings. The maximum atomic E-state index is 11.6. The van der Waals surface area contributed by atoms with Gasteiger partial charge in [-0.3, -0.25) is 4.79 Å². The Morgan fingerprint density at radius 2 is 1.95 bits per heavy atom. The lowest BCUT2D eigenvalue weighted by atomic mass is 10.1. The second kappa shape index (κ2) is 5.81. The fourth-order valence-corrected chi connectivity index (χ4v) is 1.46. The quantitative estimate of drug-likeness (QED) is 0.824. The fourth-order valence-electron chi connectivity index (χ4n) is 1.46. The van der Waals surface area contributed by atoms with Gasteiger partial charge in [-0.2, -0.15) is 0 Å². The lowest BCUT2D eigenvalue weighted by Crippen LogP contribution is -2.27. The Morgan fingerprint density at radius 3 is 2.53 bits per heavy atom. The third-order valence-electron chi connectivity index (χ3n) is 2.46. The number of nitrogens with zero attached hydrogens (tertiary/aromatic N) is 1. The van der Waals surface area contributed by atoms with Crippen LogP contribution in [0.2, 0.25) is 0 Å². The first-order chi connectivity index (χ1) is 9.15. The van der Waals surface area contributed by atoms with E-state index in [0.717, 1.165) is 0 Å². The van der Waals surface area contributed by atoms with Crippen molar-refractivity contribution in [1.29, 1.82) is 0 Å². The first kappa shape index (κ1) is 12.8. The molecule has 6 nitrogen and oxygen atoms in total. The predicted molar refractivity (Wildman–Crippen MR) is 68.8 cm³/mol. The zero-order valence-corrected chi connectivity index (χ0v) is 10.3. The van der Waals surface area contributed by atoms with Crippen LogP contribution in [0.15, 0.2) is 41.1 Å². The van der Waals surface area contributed by atoms with E-state index in [2.05, 4.69) is 15.8 Å². The summed E-state index contributed by atoms with van der Waals surface area (Å²) in [5, 5.41) is 8.80. The van der Waals surface area contributed by atoms with E-state index in [1.54, 1.807) is 30.3 Å². The van der Waals surface area contributed by atoms with Gasteiger partial charge in [0.25, 0.3) is 0 Å². The summed E-state index contributed by atoms with van der Waals surface area (Å²) in [7, 11) is 0. The molecule has 1 heterocycles. The third kappa shape index (κ3) is 3.67. The van der Waals surface area contributed by atoms with Gasteiger partial charge >= 0.3 is 6.03 Å². The SMILES string of the molecule is CC(=O)c1ccc(NC(=O)NCc2ccno2)cc1. The molecule has 0 aliphatic carbocycles. The smallest absolute Gasteiger partial charge is 0.319 e. The van der Waals surface area contributed by atoms with E-state index in [4.69, 9.17) is 4.52 Å². The highest BCUT2D eigenvalue weighted by Gasteiger charge is 2.04. The molecule has 0 aliphatic heterocycles. The van der Waals surface area contributed by atoms with E-state index in [0.29, 0.717) is 17.0 Å². The molecular formula is C13H13N3O3. The van der Waals surface area contributed by atoms with Crippen LogP contribution in [0.1, 0.15) is 23.0 Å². The number of anilines is 1. The highest BCUT2D eigenvalue weighted by Crippen LogP contribution is 2.09. The monoisotopic (exact) mass is 259 g/mol. The van der Waals surface area contributed by atoms with Crippen molar-refractivity contribution in [2.75, 3.05) is 5.32 Å². The Morgan fingerprint density at radius 1 is 1.21 bits per heavy atom. The van der Waals surface area contributed by atoms with Crippen LogP contribution >= 0.6 is 0 Å². The summed E-state index contributed by atoms with van der Waals surface area (Å²) >= 11 is 0. The lowest BCUT2D eigenvalue weighted by Gasteiger charge is -2.06. The summed E-state index contributed by atoms with van der Waals surface area (Å²) in [6, 6.07) is 7.98. The van der Waals surface area contributed by atoms with Gasteiger partial charge in [-0.1, -0.05) is 5.16 Å². The Bertz CT molecular complexity index is 561. The number of ketones is 1. The number of benzene rings is 1. The number of carbonyl (C=O) groups is 2. The summed E-state index contributed by atoms with van der Waals surface area (Å²) in [5.74, 6) is 0.559. The van der Waals surface area contributed by atoms with Crippen LogP contribution in [0, 0.1) is 0 Å². The number of urea groups is 1. The number of hydrogen-bond donors (Lipinski definition) is 2. The van der Waals surface area contributed by atoms with Gasteiger partial charge in [-0.25, -0.2) is 4.79 Å². The first-order valence-corrected chi connectivity index (χ1v) is 5.70. The topological polar surface area (TPSA) is 84.2 Å². The zero-order chi connectivity index (χ0) is 13.7. The van der Waals surface area contributed by atoms with Gasteiger partial charge in [0.2, 0.25) is 0 Å². The van der Waals surface area contributed by atoms with Crippen molar-refractivity contribution in [3.63, 3.8) is 0 Å². The molecule has 0 saturated carbocycles. The standard InChI is InChI=1S/C13H13N3O3/c1-9(17)10-2-4-11(5-3-10)16-13(18)14-8-12-6-7-15-19-12/h2-7H,8H2,1H3,(H2,14,16,18). The van der Waals surface area contributed by atoms with E-state index < -0.39 is 0 Å². The van der Waals surface area contributed by atoms with Gasteiger partial charge in [-0.15, -0.1) is 0 Å². The van der Waals surface area contributed by atoms with Crippen molar-refractivity contribution >= 4 is 17.5 Å². The summed E-state index contributed by atoms with van der Waals surface area (Å²) in [6.45, 7) is 1.75. The van der Waals surface area contributed by atoms with Gasteiger partial charge in [0, 0.05) is 17.3 Å². The average Bonchev–Trinajstić information content (AvgIpc) is 2.90. The van der Waals surface area contributed by atoms with E-state index in [1.165, 1.54) is 13.1 Å². The highest BCUT2D eigenvalue weighted by molar-refractivity contribution is 5.95. The molecule has 2 rings (SSSR count). The van der Waals surface area contributed by atoms with Gasteiger partial charge in [0.15, 0.2) is 11.5 Å². The second-order valence-corrected chi connectivity index (χ2v) is 3.92. The molecule has 0 fully saturated rings. The van der Waals surface area contributed by atoms with Crippen molar-refractivity contribution in [2.24, 2.45) is 0 Å². The van der Waals surface area contributed by atoms with Crippen LogP contribution in [-0.4, -0.2) is 17.0 Å². The van der Waals surface area contributed by atoms with Crippen molar-refractivity contribution in [2.45, 2.75) is 13.5 Å². The molecule has 0 unspecified atom stereocenters. The molecule has 0 atom stereocenters. The molecule has 0 saturated heterocycles. The average molecular weight is 259 g/mol.